The summed E-state index contributed by atoms with van der Waals surface area (Å²) in [5.74, 6) is -16.4. The van der Waals surface area contributed by atoms with Crippen molar-refractivity contribution in [3.05, 3.63) is 120 Å². The number of anilines is 1. The van der Waals surface area contributed by atoms with Crippen LogP contribution >= 0.6 is 23.2 Å². The maximum atomic E-state index is 15.4. The highest BCUT2D eigenvalue weighted by Gasteiger charge is 2.76. The van der Waals surface area contributed by atoms with Crippen molar-refractivity contribution in [2.75, 3.05) is 32.3 Å². The number of benzene rings is 3. The van der Waals surface area contributed by atoms with Crippen molar-refractivity contribution < 1.29 is 50.9 Å². The van der Waals surface area contributed by atoms with E-state index in [1.807, 2.05) is 0 Å². The molecule has 2 aromatic heterocycles. The molecule has 2 fully saturated rings. The fraction of sp³-hybridized carbons (Fsp3) is 0.333. The van der Waals surface area contributed by atoms with Crippen LogP contribution in [0.5, 0.6) is 17.2 Å². The molecule has 1 aliphatic carbocycles. The zero-order valence-electron chi connectivity index (χ0n) is 32.0. The van der Waals surface area contributed by atoms with Crippen LogP contribution in [0, 0.1) is 29.1 Å². The van der Waals surface area contributed by atoms with E-state index < -0.39 is 91.7 Å². The molecule has 1 saturated heterocycles. The van der Waals surface area contributed by atoms with Gasteiger partial charge in [-0.25, -0.2) is 55.4 Å². The van der Waals surface area contributed by atoms with Gasteiger partial charge in [0.15, 0.2) is 44.5 Å². The second-order valence-electron chi connectivity index (χ2n) is 14.4. The minimum atomic E-state index is -2.77. The van der Waals surface area contributed by atoms with Crippen molar-refractivity contribution in [3.63, 3.8) is 0 Å². The summed E-state index contributed by atoms with van der Waals surface area (Å²) in [5, 5.41) is 9.21. The molecule has 0 radical (unpaired) electrons. The monoisotopic (exact) mass is 892 g/mol. The number of halogens is 7. The quantitative estimate of drug-likeness (QED) is 0.0547. The van der Waals surface area contributed by atoms with Gasteiger partial charge in [-0.3, -0.25) is 14.4 Å². The minimum absolute atomic E-state index is 0.0134. The topological polar surface area (TPSA) is 169 Å². The number of amides is 2. The molecule has 0 spiro atoms. The van der Waals surface area contributed by atoms with E-state index in [0.717, 1.165) is 13.9 Å². The Labute approximate surface area is 349 Å². The van der Waals surface area contributed by atoms with Gasteiger partial charge in [0.1, 0.15) is 23.7 Å². The summed E-state index contributed by atoms with van der Waals surface area (Å²) in [4.78, 5) is 69.4. The van der Waals surface area contributed by atoms with Crippen LogP contribution in [0.25, 0.3) is 11.0 Å². The molecule has 3 aliphatic rings. The molecule has 22 heteroatoms. The van der Waals surface area contributed by atoms with Crippen LogP contribution in [-0.4, -0.2) is 77.6 Å². The molecule has 0 bridgehead atoms. The molecular weight excluding hydrogens is 862 g/mol. The normalized spacial score (nSPS) is 22.0. The predicted octanol–water partition coefficient (Wildman–Crippen LogP) is 3.58. The largest absolute Gasteiger partial charge is 0.493 e. The number of aromatic nitrogens is 5. The molecule has 5 aromatic rings. The number of allylic oxidation sites excluding steroid dienone is 2. The fourth-order valence-corrected chi connectivity index (χ4v) is 9.37. The van der Waals surface area contributed by atoms with E-state index in [4.69, 9.17) is 37.4 Å². The van der Waals surface area contributed by atoms with Gasteiger partial charge in [0.05, 0.1) is 44.4 Å². The number of imide groups is 1. The number of rotatable bonds is 10. The van der Waals surface area contributed by atoms with E-state index in [9.17, 15) is 42.3 Å². The average Bonchev–Trinajstić information content (AvgIpc) is 3.58. The van der Waals surface area contributed by atoms with E-state index in [-0.39, 0.29) is 60.2 Å². The van der Waals surface area contributed by atoms with E-state index in [1.54, 1.807) is 12.1 Å². The average molecular weight is 894 g/mol. The number of methoxy groups -OCH3 is 2. The number of alkyl halides is 2. The number of hydrogen-bond acceptors (Lipinski definition) is 10. The van der Waals surface area contributed by atoms with E-state index in [1.165, 1.54) is 56.2 Å². The van der Waals surface area contributed by atoms with Gasteiger partial charge in [0, 0.05) is 44.5 Å². The first kappa shape index (κ1) is 41.7. The van der Waals surface area contributed by atoms with Crippen molar-refractivity contribution in [3.8, 4) is 17.2 Å². The summed E-state index contributed by atoms with van der Waals surface area (Å²) in [7, 11) is 4.35. The summed E-state index contributed by atoms with van der Waals surface area (Å²) in [5.41, 5.74) is -3.23. The Hall–Kier alpha value is -5.99. The lowest BCUT2D eigenvalue weighted by atomic mass is 9.64. The first-order valence-electron chi connectivity index (χ1n) is 18.3. The fourth-order valence-electron chi connectivity index (χ4n) is 8.45. The first-order chi connectivity index (χ1) is 29.0. The third-order valence-corrected chi connectivity index (χ3v) is 12.8. The number of hydrogen-bond donors (Lipinski definition) is 1. The Morgan fingerprint density at radius 1 is 0.869 bits per heavy atom. The molecule has 61 heavy (non-hydrogen) atoms. The molecule has 0 unspecified atom stereocenters. The molecule has 2 amide bonds. The standard InChI is InChI=1S/C39H31Cl2F5N6O9/c1-48-22-15-25(60-3)24(59-2)14-21(22)47-20(33(48)54)9-10-49-36(57)50-11-8-19-23(52(50)37(49)58)16-38(40)34(55)51(32-30(45)28(43)27(42)29(44)31(32)46)35(56)39(38,41)26(19)17-4-6-18(7-5-17)61-13-12-53/h4-8,14-15,23,26,53H,9-13,16H2,1-3H3/t23-,26+,38-,39+/m1/s1. The van der Waals surface area contributed by atoms with Crippen LogP contribution in [-0.2, 0) is 36.1 Å². The Balaban J connectivity index is 1.24. The molecule has 1 N–H and O–H groups in total. The summed E-state index contributed by atoms with van der Waals surface area (Å²) in [6, 6.07) is 7.37. The van der Waals surface area contributed by atoms with Crippen LogP contribution < -0.4 is 36.0 Å². The van der Waals surface area contributed by atoms with E-state index >= 15 is 8.78 Å². The maximum Gasteiger partial charge on any atom is 0.347 e. The zero-order chi connectivity index (χ0) is 44.0. The number of aliphatic hydroxyl groups is 1. The number of ether oxygens (including phenoxy) is 3. The van der Waals surface area contributed by atoms with Crippen LogP contribution in [0.3, 0.4) is 0 Å². The van der Waals surface area contributed by atoms with Gasteiger partial charge in [-0.2, -0.15) is 0 Å². The summed E-state index contributed by atoms with van der Waals surface area (Å²) in [6.45, 7) is -1.12. The van der Waals surface area contributed by atoms with Crippen LogP contribution in [0.15, 0.2) is 62.4 Å². The van der Waals surface area contributed by atoms with Crippen molar-refractivity contribution >= 4 is 51.7 Å². The first-order valence-corrected chi connectivity index (χ1v) is 19.1. The molecule has 8 rings (SSSR count). The molecule has 2 aliphatic heterocycles. The second-order valence-corrected chi connectivity index (χ2v) is 15.6. The van der Waals surface area contributed by atoms with E-state index in [0.29, 0.717) is 22.5 Å². The highest BCUT2D eigenvalue weighted by molar-refractivity contribution is 6.58. The Bertz CT molecular complexity index is 2910. The molecule has 1 saturated carbocycles. The minimum Gasteiger partial charge on any atom is -0.493 e. The highest BCUT2D eigenvalue weighted by Crippen LogP contribution is 2.64. The van der Waals surface area contributed by atoms with Gasteiger partial charge in [0.2, 0.25) is 5.82 Å². The van der Waals surface area contributed by atoms with Gasteiger partial charge in [-0.1, -0.05) is 18.2 Å². The molecule has 320 valence electrons. The number of nitrogens with zero attached hydrogens (tertiary/aromatic N) is 6. The van der Waals surface area contributed by atoms with Gasteiger partial charge >= 0.3 is 11.4 Å². The molecular formula is C39H31Cl2F5N6O9. The summed E-state index contributed by atoms with van der Waals surface area (Å²) >= 11 is 14.3. The number of aryl methyl sites for hydroxylation is 2. The molecule has 15 nitrogen and oxygen atoms in total. The number of carbonyl (C=O) groups is 2. The summed E-state index contributed by atoms with van der Waals surface area (Å²) in [6.07, 6.45) is 0.441. The van der Waals surface area contributed by atoms with Gasteiger partial charge in [0.25, 0.3) is 17.4 Å². The zero-order valence-corrected chi connectivity index (χ0v) is 33.5. The SMILES string of the molecule is COc1cc2nc(CCn3c(=O)n4n(c3=O)[C@@H]3C[C@@]5(Cl)C(=O)N(c6c(F)c(F)c(F)c(F)c6F)C(=O)[C@@]5(Cl)[C@@H](c5ccc(OCCO)cc5)C3=CC4)c(=O)n(C)c2cc1OC. The number of fused-ring (bicyclic) bond motifs is 5. The third-order valence-electron chi connectivity index (χ3n) is 11.4. The molecule has 4 atom stereocenters. The number of carbonyl (C=O) groups excluding carboxylic acids is 2. The predicted molar refractivity (Wildman–Crippen MR) is 206 cm³/mol. The maximum absolute atomic E-state index is 15.4. The van der Waals surface area contributed by atoms with Crippen molar-refractivity contribution in [1.82, 2.24) is 23.5 Å². The van der Waals surface area contributed by atoms with Gasteiger partial charge in [-0.15, -0.1) is 23.2 Å². The smallest absolute Gasteiger partial charge is 0.347 e. The van der Waals surface area contributed by atoms with E-state index in [2.05, 4.69) is 4.98 Å². The Kier molecular flexibility index (Phi) is 10.2. The lowest BCUT2D eigenvalue weighted by Gasteiger charge is -2.49. The molecule has 3 aromatic carbocycles. The van der Waals surface area contributed by atoms with Crippen LogP contribution in [0.4, 0.5) is 27.6 Å². The Morgan fingerprint density at radius 2 is 1.49 bits per heavy atom. The van der Waals surface area contributed by atoms with Gasteiger partial charge < -0.3 is 23.9 Å². The molecule has 4 heterocycles. The Morgan fingerprint density at radius 3 is 2.11 bits per heavy atom. The third kappa shape index (κ3) is 5.85. The van der Waals surface area contributed by atoms with Crippen molar-refractivity contribution in [2.24, 2.45) is 7.05 Å². The van der Waals surface area contributed by atoms with Crippen molar-refractivity contribution in [1.29, 1.82) is 0 Å². The summed E-state index contributed by atoms with van der Waals surface area (Å²) < 4.78 is 94.2. The van der Waals surface area contributed by atoms with Crippen LogP contribution in [0.1, 0.15) is 29.6 Å². The number of aliphatic hydroxyl groups excluding tert-OH is 1. The lowest BCUT2D eigenvalue weighted by Crippen LogP contribution is -2.59. The second kappa shape index (κ2) is 14.9. The van der Waals surface area contributed by atoms with Crippen LogP contribution in [0.2, 0.25) is 0 Å². The van der Waals surface area contributed by atoms with Gasteiger partial charge in [-0.05, 0) is 23.3 Å². The van der Waals surface area contributed by atoms with Crippen molar-refractivity contribution in [2.45, 2.75) is 47.6 Å². The lowest BCUT2D eigenvalue weighted by molar-refractivity contribution is -0.122. The highest BCUT2D eigenvalue weighted by atomic mass is 35.5.